The standard InChI is InChI=1S/C13H22N2O2/c1-4-17-13-6-5-12(14)7-11(13)9-15(3)8-10(2)16/h5-7,10,16H,4,8-9,14H2,1-3H3. The first-order chi connectivity index (χ1) is 8.02. The lowest BCUT2D eigenvalue weighted by molar-refractivity contribution is 0.137. The number of ether oxygens (including phenoxy) is 1. The van der Waals surface area contributed by atoms with Crippen molar-refractivity contribution >= 4 is 5.69 Å². The second-order valence-corrected chi connectivity index (χ2v) is 4.35. The first-order valence-electron chi connectivity index (χ1n) is 5.90. The number of nitrogen functional groups attached to an aromatic ring is 1. The number of aliphatic hydroxyl groups excluding tert-OH is 1. The summed E-state index contributed by atoms with van der Waals surface area (Å²) in [7, 11) is 1.96. The van der Waals surface area contributed by atoms with Crippen LogP contribution in [0, 0.1) is 0 Å². The molecule has 0 saturated carbocycles. The van der Waals surface area contributed by atoms with Crippen molar-refractivity contribution in [2.45, 2.75) is 26.5 Å². The van der Waals surface area contributed by atoms with E-state index in [0.717, 1.165) is 17.0 Å². The predicted molar refractivity (Wildman–Crippen MR) is 70.0 cm³/mol. The molecular weight excluding hydrogens is 216 g/mol. The first-order valence-corrected chi connectivity index (χ1v) is 5.90. The van der Waals surface area contributed by atoms with Gasteiger partial charge in [0.05, 0.1) is 12.7 Å². The van der Waals surface area contributed by atoms with Crippen LogP contribution in [0.5, 0.6) is 5.75 Å². The molecule has 0 saturated heterocycles. The molecule has 3 N–H and O–H groups in total. The van der Waals surface area contributed by atoms with Crippen molar-refractivity contribution in [3.8, 4) is 5.75 Å². The molecule has 1 atom stereocenters. The Hall–Kier alpha value is -1.26. The van der Waals surface area contributed by atoms with Gasteiger partial charge in [-0.05, 0) is 39.1 Å². The lowest BCUT2D eigenvalue weighted by Gasteiger charge is -2.20. The van der Waals surface area contributed by atoms with Crippen LogP contribution >= 0.6 is 0 Å². The molecule has 0 spiro atoms. The SMILES string of the molecule is CCOc1ccc(N)cc1CN(C)CC(C)O. The Kier molecular flexibility index (Phi) is 5.25. The van der Waals surface area contributed by atoms with Crippen LogP contribution in [0.25, 0.3) is 0 Å². The third kappa shape index (κ3) is 4.63. The average Bonchev–Trinajstić information content (AvgIpc) is 2.21. The van der Waals surface area contributed by atoms with Gasteiger partial charge in [0.2, 0.25) is 0 Å². The highest BCUT2D eigenvalue weighted by Crippen LogP contribution is 2.22. The number of likely N-dealkylation sites (N-methyl/N-ethyl adjacent to an activating group) is 1. The summed E-state index contributed by atoms with van der Waals surface area (Å²) in [5.41, 5.74) is 7.56. The maximum atomic E-state index is 9.33. The van der Waals surface area contributed by atoms with E-state index in [4.69, 9.17) is 10.5 Å². The number of nitrogens with two attached hydrogens (primary N) is 1. The summed E-state index contributed by atoms with van der Waals surface area (Å²) in [6.07, 6.45) is -0.336. The zero-order chi connectivity index (χ0) is 12.8. The molecule has 17 heavy (non-hydrogen) atoms. The molecule has 96 valence electrons. The van der Waals surface area contributed by atoms with Gasteiger partial charge in [-0.25, -0.2) is 0 Å². The van der Waals surface area contributed by atoms with Crippen LogP contribution in [0.4, 0.5) is 5.69 Å². The summed E-state index contributed by atoms with van der Waals surface area (Å²) < 4.78 is 5.55. The van der Waals surface area contributed by atoms with E-state index in [2.05, 4.69) is 0 Å². The largest absolute Gasteiger partial charge is 0.494 e. The van der Waals surface area contributed by atoms with Crippen molar-refractivity contribution in [3.63, 3.8) is 0 Å². The molecule has 0 aliphatic carbocycles. The second-order valence-electron chi connectivity index (χ2n) is 4.35. The number of benzene rings is 1. The van der Waals surface area contributed by atoms with Crippen LogP contribution in [0.15, 0.2) is 18.2 Å². The van der Waals surface area contributed by atoms with Crippen LogP contribution in [-0.4, -0.2) is 36.3 Å². The lowest BCUT2D eigenvalue weighted by atomic mass is 10.1. The van der Waals surface area contributed by atoms with Gasteiger partial charge in [0.25, 0.3) is 0 Å². The van der Waals surface area contributed by atoms with E-state index in [-0.39, 0.29) is 6.10 Å². The molecule has 0 aromatic heterocycles. The number of hydrogen-bond acceptors (Lipinski definition) is 4. The van der Waals surface area contributed by atoms with Gasteiger partial charge < -0.3 is 15.6 Å². The minimum absolute atomic E-state index is 0.336. The van der Waals surface area contributed by atoms with Crippen molar-refractivity contribution in [2.75, 3.05) is 25.9 Å². The molecule has 1 aromatic rings. The fraction of sp³-hybridized carbons (Fsp3) is 0.538. The number of nitrogens with zero attached hydrogens (tertiary/aromatic N) is 1. The summed E-state index contributed by atoms with van der Waals surface area (Å²) in [6.45, 7) is 5.71. The molecule has 0 heterocycles. The first kappa shape index (κ1) is 13.8. The summed E-state index contributed by atoms with van der Waals surface area (Å²) in [4.78, 5) is 2.04. The molecule has 0 radical (unpaired) electrons. The zero-order valence-corrected chi connectivity index (χ0v) is 10.8. The average molecular weight is 238 g/mol. The minimum Gasteiger partial charge on any atom is -0.494 e. The minimum atomic E-state index is -0.336. The Labute approximate surface area is 103 Å². The number of hydrogen-bond donors (Lipinski definition) is 2. The lowest BCUT2D eigenvalue weighted by Crippen LogP contribution is -2.27. The van der Waals surface area contributed by atoms with E-state index < -0.39 is 0 Å². The van der Waals surface area contributed by atoms with E-state index >= 15 is 0 Å². The molecule has 4 nitrogen and oxygen atoms in total. The van der Waals surface area contributed by atoms with Crippen LogP contribution in [0.3, 0.4) is 0 Å². The maximum Gasteiger partial charge on any atom is 0.123 e. The number of aliphatic hydroxyl groups is 1. The van der Waals surface area contributed by atoms with Gasteiger partial charge in [-0.15, -0.1) is 0 Å². The van der Waals surface area contributed by atoms with E-state index in [9.17, 15) is 5.11 Å². The molecule has 1 aromatic carbocycles. The Morgan fingerprint density at radius 2 is 2.18 bits per heavy atom. The monoisotopic (exact) mass is 238 g/mol. The Bertz CT molecular complexity index is 353. The molecule has 0 amide bonds. The molecule has 0 aliphatic heterocycles. The van der Waals surface area contributed by atoms with Crippen molar-refractivity contribution in [2.24, 2.45) is 0 Å². The van der Waals surface area contributed by atoms with E-state index in [0.29, 0.717) is 19.7 Å². The highest BCUT2D eigenvalue weighted by Gasteiger charge is 2.09. The molecule has 1 unspecified atom stereocenters. The van der Waals surface area contributed by atoms with Gasteiger partial charge in [-0.3, -0.25) is 4.90 Å². The molecule has 0 bridgehead atoms. The van der Waals surface area contributed by atoms with E-state index in [1.807, 2.05) is 37.1 Å². The zero-order valence-electron chi connectivity index (χ0n) is 10.8. The maximum absolute atomic E-state index is 9.33. The quantitative estimate of drug-likeness (QED) is 0.737. The van der Waals surface area contributed by atoms with E-state index in [1.54, 1.807) is 6.92 Å². The van der Waals surface area contributed by atoms with Crippen molar-refractivity contribution in [1.82, 2.24) is 4.90 Å². The summed E-state index contributed by atoms with van der Waals surface area (Å²) in [6, 6.07) is 5.65. The third-order valence-electron chi connectivity index (χ3n) is 2.40. The predicted octanol–water partition coefficient (Wildman–Crippen LogP) is 1.48. The van der Waals surface area contributed by atoms with Crippen LogP contribution < -0.4 is 10.5 Å². The van der Waals surface area contributed by atoms with Crippen LogP contribution in [0.2, 0.25) is 0 Å². The van der Waals surface area contributed by atoms with Crippen molar-refractivity contribution in [1.29, 1.82) is 0 Å². The van der Waals surface area contributed by atoms with Gasteiger partial charge in [-0.1, -0.05) is 0 Å². The molecule has 0 aliphatic rings. The van der Waals surface area contributed by atoms with Gasteiger partial charge in [0.15, 0.2) is 0 Å². The summed E-state index contributed by atoms with van der Waals surface area (Å²) in [5.74, 6) is 0.860. The smallest absolute Gasteiger partial charge is 0.123 e. The van der Waals surface area contributed by atoms with E-state index in [1.165, 1.54) is 0 Å². The van der Waals surface area contributed by atoms with Crippen molar-refractivity contribution < 1.29 is 9.84 Å². The number of rotatable bonds is 6. The highest BCUT2D eigenvalue weighted by molar-refractivity contribution is 5.47. The Morgan fingerprint density at radius 1 is 1.47 bits per heavy atom. The van der Waals surface area contributed by atoms with Gasteiger partial charge in [-0.2, -0.15) is 0 Å². The summed E-state index contributed by atoms with van der Waals surface area (Å²) in [5, 5.41) is 9.33. The van der Waals surface area contributed by atoms with Gasteiger partial charge >= 0.3 is 0 Å². The molecule has 0 fully saturated rings. The highest BCUT2D eigenvalue weighted by atomic mass is 16.5. The third-order valence-corrected chi connectivity index (χ3v) is 2.40. The molecule has 1 rings (SSSR count). The Balaban J connectivity index is 2.76. The number of anilines is 1. The fourth-order valence-corrected chi connectivity index (χ4v) is 1.83. The van der Waals surface area contributed by atoms with Crippen LogP contribution in [0.1, 0.15) is 19.4 Å². The fourth-order valence-electron chi connectivity index (χ4n) is 1.83. The molecular formula is C13H22N2O2. The normalized spacial score (nSPS) is 12.8. The Morgan fingerprint density at radius 3 is 2.76 bits per heavy atom. The van der Waals surface area contributed by atoms with Gasteiger partial charge in [0.1, 0.15) is 5.75 Å². The van der Waals surface area contributed by atoms with Crippen LogP contribution in [-0.2, 0) is 6.54 Å². The topological polar surface area (TPSA) is 58.7 Å². The summed E-state index contributed by atoms with van der Waals surface area (Å²) >= 11 is 0. The molecule has 4 heteroatoms. The second kappa shape index (κ2) is 6.47. The van der Waals surface area contributed by atoms with Gasteiger partial charge in [0, 0.05) is 24.3 Å². The van der Waals surface area contributed by atoms with Crippen molar-refractivity contribution in [3.05, 3.63) is 23.8 Å².